The number of phosphoric acid groups is 2. The molecule has 2 saturated heterocycles. The molecule has 0 spiro atoms. The third kappa shape index (κ3) is 11.7. The van der Waals surface area contributed by atoms with Crippen molar-refractivity contribution < 1.29 is 71.0 Å². The number of fused-ring (bicyclic) bond motifs is 1. The SMILES string of the molecule is C=CCCC(=O)N(C)[C@@H](COC(C)(C)C)C(=O)OC1[C@@H](O)[C@H](n2cnc3c(N)ncnc32)O[C@@H]1COP(=O)(O)OC1C[C@H](n2ccc(N)nc2=O)O[C@@H]1COP(=O)(O)O. The van der Waals surface area contributed by atoms with Gasteiger partial charge in [0.1, 0.15) is 48.3 Å². The third-order valence-corrected chi connectivity index (χ3v) is 10.5. The van der Waals surface area contributed by atoms with Gasteiger partial charge in [-0.25, -0.2) is 33.7 Å². The molecular weight excluding hydrogens is 828 g/mol. The summed E-state index contributed by atoms with van der Waals surface area (Å²) < 4.78 is 66.0. The summed E-state index contributed by atoms with van der Waals surface area (Å²) in [5.41, 5.74) is 10.2. The second-order valence-electron chi connectivity index (χ2n) is 14.4. The molecule has 1 amide bonds. The van der Waals surface area contributed by atoms with Crippen molar-refractivity contribution in [3.8, 4) is 0 Å². The summed E-state index contributed by atoms with van der Waals surface area (Å²) in [4.78, 5) is 86.0. The smallest absolute Gasteiger partial charge is 0.455 e. The van der Waals surface area contributed by atoms with E-state index in [2.05, 4.69) is 31.0 Å². The number of allylic oxidation sites excluding steroid dienone is 1. The van der Waals surface area contributed by atoms with E-state index in [1.165, 1.54) is 36.3 Å². The Kier molecular flexibility index (Phi) is 14.4. The van der Waals surface area contributed by atoms with Crippen molar-refractivity contribution >= 4 is 50.3 Å². The van der Waals surface area contributed by atoms with E-state index in [9.17, 15) is 43.3 Å². The molecule has 0 aliphatic carbocycles. The van der Waals surface area contributed by atoms with Crippen LogP contribution in [0.2, 0.25) is 0 Å². The van der Waals surface area contributed by atoms with Crippen molar-refractivity contribution in [3.05, 3.63) is 48.1 Å². The Balaban J connectivity index is 1.39. The summed E-state index contributed by atoms with van der Waals surface area (Å²) in [7, 11) is -8.91. The number of aliphatic hydroxyl groups is 1. The van der Waals surface area contributed by atoms with Crippen molar-refractivity contribution in [1.82, 2.24) is 34.0 Å². The van der Waals surface area contributed by atoms with E-state index in [0.29, 0.717) is 6.42 Å². The first kappa shape index (κ1) is 45.8. The molecule has 3 aromatic rings. The van der Waals surface area contributed by atoms with Gasteiger partial charge in [0.2, 0.25) is 5.91 Å². The number of nitrogen functional groups attached to an aromatic ring is 2. The van der Waals surface area contributed by atoms with Crippen LogP contribution in [0.15, 0.2) is 42.4 Å². The van der Waals surface area contributed by atoms with Crippen LogP contribution < -0.4 is 17.2 Å². The molecule has 27 heteroatoms. The summed E-state index contributed by atoms with van der Waals surface area (Å²) in [6, 6.07) is -0.0561. The molecular formula is C32H47N9O16P2. The lowest BCUT2D eigenvalue weighted by molar-refractivity contribution is -0.169. The van der Waals surface area contributed by atoms with Gasteiger partial charge in [-0.1, -0.05) is 6.08 Å². The van der Waals surface area contributed by atoms with E-state index < -0.39 is 101 Å². The Labute approximate surface area is 336 Å². The van der Waals surface area contributed by atoms with E-state index in [1.54, 1.807) is 20.8 Å². The summed E-state index contributed by atoms with van der Waals surface area (Å²) in [5, 5.41) is 11.7. The zero-order valence-electron chi connectivity index (χ0n) is 32.3. The Bertz CT molecular complexity index is 2140. The van der Waals surface area contributed by atoms with Crippen molar-refractivity contribution in [2.24, 2.45) is 0 Å². The van der Waals surface area contributed by atoms with Crippen LogP contribution in [0.5, 0.6) is 0 Å². The number of anilines is 2. The van der Waals surface area contributed by atoms with Crippen molar-refractivity contribution in [2.75, 3.05) is 38.3 Å². The molecule has 2 fully saturated rings. The number of carbonyl (C=O) groups excluding carboxylic acids is 2. The quantitative estimate of drug-likeness (QED) is 0.0553. The molecule has 3 aromatic heterocycles. The highest BCUT2D eigenvalue weighted by Gasteiger charge is 2.50. The van der Waals surface area contributed by atoms with Crippen molar-refractivity contribution in [2.45, 2.75) is 94.7 Å². The minimum Gasteiger partial charge on any atom is -0.455 e. The van der Waals surface area contributed by atoms with Gasteiger partial charge in [-0.15, -0.1) is 6.58 Å². The number of aromatic nitrogens is 6. The van der Waals surface area contributed by atoms with E-state index in [-0.39, 0.29) is 42.2 Å². The predicted octanol–water partition coefficient (Wildman–Crippen LogP) is -0.0750. The monoisotopic (exact) mass is 875 g/mol. The van der Waals surface area contributed by atoms with Crippen LogP contribution in [0.1, 0.15) is 52.5 Å². The van der Waals surface area contributed by atoms with Gasteiger partial charge in [-0.05, 0) is 33.3 Å². The van der Waals surface area contributed by atoms with Gasteiger partial charge in [0.15, 0.2) is 29.8 Å². The number of aliphatic hydroxyl groups excluding tert-OH is 1. The minimum absolute atomic E-state index is 0.00785. The number of likely N-dealkylation sites (N-methyl/N-ethyl adjacent to an activating group) is 1. The third-order valence-electron chi connectivity index (χ3n) is 9.01. The molecule has 326 valence electrons. The highest BCUT2D eigenvalue weighted by molar-refractivity contribution is 7.47. The maximum absolute atomic E-state index is 13.9. The number of rotatable bonds is 18. The summed E-state index contributed by atoms with van der Waals surface area (Å²) in [6.07, 6.45) is -5.31. The number of esters is 1. The van der Waals surface area contributed by atoms with Gasteiger partial charge >= 0.3 is 27.3 Å². The zero-order valence-corrected chi connectivity index (χ0v) is 34.1. The largest absolute Gasteiger partial charge is 0.472 e. The van der Waals surface area contributed by atoms with Gasteiger partial charge in [0.05, 0.1) is 31.7 Å². The summed E-state index contributed by atoms with van der Waals surface area (Å²) in [6.45, 7) is 6.78. The van der Waals surface area contributed by atoms with E-state index in [4.69, 9.17) is 39.5 Å². The normalized spacial score (nSPS) is 25.1. The van der Waals surface area contributed by atoms with Crippen LogP contribution in [-0.2, 0) is 51.2 Å². The molecule has 8 N–H and O–H groups in total. The molecule has 0 bridgehead atoms. The van der Waals surface area contributed by atoms with Gasteiger partial charge in [-0.3, -0.25) is 27.5 Å². The van der Waals surface area contributed by atoms with Crippen LogP contribution in [-0.4, -0.2) is 135 Å². The Hall–Kier alpha value is -4.23. The molecule has 25 nitrogen and oxygen atoms in total. The number of phosphoric ester groups is 2. The van der Waals surface area contributed by atoms with Crippen LogP contribution in [0.3, 0.4) is 0 Å². The Morgan fingerprint density at radius 1 is 1.10 bits per heavy atom. The van der Waals surface area contributed by atoms with Crippen LogP contribution in [0, 0.1) is 0 Å². The van der Waals surface area contributed by atoms with Crippen LogP contribution >= 0.6 is 15.6 Å². The molecule has 0 aromatic carbocycles. The zero-order chi connectivity index (χ0) is 43.4. The average molecular weight is 876 g/mol. The van der Waals surface area contributed by atoms with Crippen molar-refractivity contribution in [1.29, 1.82) is 0 Å². The lowest BCUT2D eigenvalue weighted by Crippen LogP contribution is -2.50. The van der Waals surface area contributed by atoms with Gasteiger partial charge in [0.25, 0.3) is 0 Å². The van der Waals surface area contributed by atoms with E-state index in [0.717, 1.165) is 15.8 Å². The van der Waals surface area contributed by atoms with Gasteiger partial charge < -0.3 is 55.1 Å². The van der Waals surface area contributed by atoms with Crippen molar-refractivity contribution in [3.63, 3.8) is 0 Å². The minimum atomic E-state index is -5.22. The second kappa shape index (κ2) is 18.6. The number of ether oxygens (including phenoxy) is 4. The number of hydrogen-bond donors (Lipinski definition) is 6. The number of nitrogens with zero attached hydrogens (tertiary/aromatic N) is 7. The maximum atomic E-state index is 13.9. The number of nitrogens with two attached hydrogens (primary N) is 2. The Morgan fingerprint density at radius 3 is 2.47 bits per heavy atom. The molecule has 59 heavy (non-hydrogen) atoms. The fraction of sp³-hybridized carbons (Fsp3) is 0.594. The van der Waals surface area contributed by atoms with Crippen LogP contribution in [0.4, 0.5) is 11.6 Å². The highest BCUT2D eigenvalue weighted by Crippen LogP contribution is 2.50. The maximum Gasteiger partial charge on any atom is 0.472 e. The number of hydrogen-bond acceptors (Lipinski definition) is 19. The molecule has 2 aliphatic heterocycles. The molecule has 0 saturated carbocycles. The molecule has 2 aliphatic rings. The van der Waals surface area contributed by atoms with Gasteiger partial charge in [0, 0.05) is 26.1 Å². The van der Waals surface area contributed by atoms with E-state index in [1.807, 2.05) is 0 Å². The molecule has 9 atom stereocenters. The second-order valence-corrected chi connectivity index (χ2v) is 17.1. The highest BCUT2D eigenvalue weighted by atomic mass is 31.2. The lowest BCUT2D eigenvalue weighted by atomic mass is 10.1. The standard InChI is InChI=1S/C32H47N9O16P2/c1-6-7-8-22(42)39(5)17(12-51-32(2,3)4)30(44)56-26-20(55-29(25(26)43)41-16-37-24-27(34)35-15-36-28(24)41)14-53-59(49,50)57-18-11-23(40-10-9-21(33)38-31(40)45)54-19(18)13-52-58(46,47)48/h6,9-10,15-20,23,25-26,29,43H,1,7-8,11-14H2,2-5H3,(H,49,50)(H2,33,38,45)(H2,34,35,36)(H2,46,47,48)/t17-,18?,19+,20+,23+,25+,26?,29+/m0/s1. The average Bonchev–Trinajstić information content (AvgIpc) is 3.83. The number of imidazole rings is 1. The lowest BCUT2D eigenvalue weighted by Gasteiger charge is -2.31. The molecule has 5 rings (SSSR count). The molecule has 5 heterocycles. The molecule has 3 unspecified atom stereocenters. The fourth-order valence-electron chi connectivity index (χ4n) is 6.06. The summed E-state index contributed by atoms with van der Waals surface area (Å²) >= 11 is 0. The first-order valence-electron chi connectivity index (χ1n) is 17.9. The number of amides is 1. The molecule has 0 radical (unpaired) electrons. The van der Waals surface area contributed by atoms with Crippen LogP contribution in [0.25, 0.3) is 11.2 Å². The first-order chi connectivity index (χ1) is 27.6. The fourth-order valence-corrected chi connectivity index (χ4v) is 7.36. The van der Waals surface area contributed by atoms with E-state index >= 15 is 0 Å². The van der Waals surface area contributed by atoms with Gasteiger partial charge in [-0.2, -0.15) is 4.98 Å². The number of carbonyl (C=O) groups is 2. The first-order valence-corrected chi connectivity index (χ1v) is 20.9. The topological polar surface area (TPSA) is 348 Å². The Morgan fingerprint density at radius 2 is 1.81 bits per heavy atom. The summed E-state index contributed by atoms with van der Waals surface area (Å²) in [5.74, 6) is -1.56. The predicted molar refractivity (Wildman–Crippen MR) is 201 cm³/mol.